The highest BCUT2D eigenvalue weighted by atomic mass is 32.2. The van der Waals surface area contributed by atoms with Crippen LogP contribution < -0.4 is 0 Å². The third kappa shape index (κ3) is 33.4. The zero-order chi connectivity index (χ0) is 36.8. The quantitative estimate of drug-likeness (QED) is 0.0277. The van der Waals surface area contributed by atoms with Crippen molar-refractivity contribution in [3.8, 4) is 0 Å². The van der Waals surface area contributed by atoms with Gasteiger partial charge < -0.3 is 9.47 Å². The predicted molar refractivity (Wildman–Crippen MR) is 198 cm³/mol. The normalized spacial score (nSPS) is 13.2. The summed E-state index contributed by atoms with van der Waals surface area (Å²) < 4.78 is 74.4. The minimum atomic E-state index is -4.13. The molecule has 10 nitrogen and oxygen atoms in total. The molecule has 0 heterocycles. The van der Waals surface area contributed by atoms with Gasteiger partial charge in [0.15, 0.2) is 0 Å². The van der Waals surface area contributed by atoms with E-state index in [1.165, 1.54) is 77.0 Å². The van der Waals surface area contributed by atoms with Crippen LogP contribution >= 0.6 is 0 Å². The summed E-state index contributed by atoms with van der Waals surface area (Å²) in [6.07, 6.45) is 23.4. The van der Waals surface area contributed by atoms with Crippen molar-refractivity contribution in [1.82, 2.24) is 0 Å². The molecule has 0 amide bonds. The second kappa shape index (κ2) is 30.2. The van der Waals surface area contributed by atoms with Crippen molar-refractivity contribution in [1.29, 1.82) is 0 Å². The summed E-state index contributed by atoms with van der Waals surface area (Å²) in [6, 6.07) is 0. The Bertz CT molecular complexity index is 1070. The van der Waals surface area contributed by atoms with Gasteiger partial charge in [0.1, 0.15) is 12.2 Å². The first kappa shape index (κ1) is 47.5. The maximum absolute atomic E-state index is 12.9. The van der Waals surface area contributed by atoms with Crippen molar-refractivity contribution < 1.29 is 45.0 Å². The molecular weight excluding hydrogens is 669 g/mol. The summed E-state index contributed by atoms with van der Waals surface area (Å²) >= 11 is 0. The zero-order valence-corrected chi connectivity index (χ0v) is 32.5. The summed E-state index contributed by atoms with van der Waals surface area (Å²) in [5, 5.41) is 0. The molecule has 0 bridgehead atoms. The van der Waals surface area contributed by atoms with E-state index < -0.39 is 55.9 Å². The number of unbranched alkanes of at least 4 members (excludes halogenated alkanes) is 18. The largest absolute Gasteiger partial charge is 0.462 e. The summed E-state index contributed by atoms with van der Waals surface area (Å²) in [5.74, 6) is -2.26. The smallest absolute Gasteiger partial charge is 0.334 e. The molecule has 0 radical (unpaired) electrons. The Morgan fingerprint density at radius 3 is 1.16 bits per heavy atom. The number of hydrogen-bond donors (Lipinski definition) is 2. The van der Waals surface area contributed by atoms with E-state index in [0.717, 1.165) is 51.4 Å². The molecule has 0 aliphatic heterocycles. The van der Waals surface area contributed by atoms with Crippen LogP contribution in [0.15, 0.2) is 12.2 Å². The average molecular weight is 739 g/mol. The SMILES string of the molecule is C=C(CC(=O)OC(CCCCCCCCCCCC)CCCS(=O)(=O)O)C(=O)OC(CCCCCCCCCCCC)CCCS(=O)(=O)O. The van der Waals surface area contributed by atoms with E-state index in [9.17, 15) is 26.4 Å². The standard InChI is InChI=1S/C37H70O10S2/c1-4-6-8-10-12-14-16-18-20-22-26-34(28-24-30-48(40,41)42)46-36(38)32-33(3)37(39)47-35(29-25-31-49(43,44)45)27-23-21-19-17-15-13-11-9-7-5-2/h34-35H,3-32H2,1-2H3,(H,40,41,42)(H,43,44,45). The minimum Gasteiger partial charge on any atom is -0.462 e. The monoisotopic (exact) mass is 738 g/mol. The lowest BCUT2D eigenvalue weighted by molar-refractivity contribution is -0.152. The van der Waals surface area contributed by atoms with E-state index in [4.69, 9.17) is 18.6 Å². The van der Waals surface area contributed by atoms with Gasteiger partial charge in [-0.15, -0.1) is 0 Å². The highest BCUT2D eigenvalue weighted by Crippen LogP contribution is 2.20. The second-order valence-electron chi connectivity index (χ2n) is 13.7. The topological polar surface area (TPSA) is 161 Å². The predicted octanol–water partition coefficient (Wildman–Crippen LogP) is 9.71. The summed E-state index contributed by atoms with van der Waals surface area (Å²) in [5.41, 5.74) is -0.0801. The van der Waals surface area contributed by atoms with Gasteiger partial charge in [-0.1, -0.05) is 136 Å². The van der Waals surface area contributed by atoms with Gasteiger partial charge in [0.05, 0.1) is 17.9 Å². The summed E-state index contributed by atoms with van der Waals surface area (Å²) in [7, 11) is -8.26. The first-order valence-electron chi connectivity index (χ1n) is 19.3. The minimum absolute atomic E-state index is 0.0801. The number of ether oxygens (including phenoxy) is 2. The molecule has 0 spiro atoms. The van der Waals surface area contributed by atoms with Crippen LogP contribution in [0.4, 0.5) is 0 Å². The average Bonchev–Trinajstić information content (AvgIpc) is 3.01. The van der Waals surface area contributed by atoms with Gasteiger partial charge >= 0.3 is 11.9 Å². The van der Waals surface area contributed by atoms with Crippen LogP contribution in [0.3, 0.4) is 0 Å². The molecule has 12 heteroatoms. The lowest BCUT2D eigenvalue weighted by atomic mass is 10.0. The van der Waals surface area contributed by atoms with E-state index in [1.807, 2.05) is 0 Å². The lowest BCUT2D eigenvalue weighted by Gasteiger charge is -2.20. The van der Waals surface area contributed by atoms with Crippen LogP contribution in [0, 0.1) is 0 Å². The number of carbonyl (C=O) groups excluding carboxylic acids is 2. The Labute approximate surface area is 299 Å². The van der Waals surface area contributed by atoms with Crippen LogP contribution in [0.5, 0.6) is 0 Å². The van der Waals surface area contributed by atoms with Crippen molar-refractivity contribution >= 4 is 32.2 Å². The fourth-order valence-electron chi connectivity index (χ4n) is 5.94. The van der Waals surface area contributed by atoms with Crippen molar-refractivity contribution in [2.45, 2.75) is 199 Å². The molecule has 2 atom stereocenters. The van der Waals surface area contributed by atoms with Crippen molar-refractivity contribution in [2.24, 2.45) is 0 Å². The lowest BCUT2D eigenvalue weighted by Crippen LogP contribution is -2.24. The zero-order valence-electron chi connectivity index (χ0n) is 30.8. The Balaban J connectivity index is 4.83. The Kier molecular flexibility index (Phi) is 29.2. The Hall–Kier alpha value is -1.50. The van der Waals surface area contributed by atoms with Gasteiger partial charge in [0.25, 0.3) is 20.2 Å². The van der Waals surface area contributed by atoms with Crippen LogP contribution in [0.1, 0.15) is 187 Å². The van der Waals surface area contributed by atoms with Gasteiger partial charge in [-0.25, -0.2) is 4.79 Å². The molecule has 0 aromatic rings. The first-order valence-corrected chi connectivity index (χ1v) is 22.5. The fourth-order valence-corrected chi connectivity index (χ4v) is 7.00. The molecule has 2 unspecified atom stereocenters. The number of rotatable bonds is 35. The van der Waals surface area contributed by atoms with Crippen LogP contribution in [-0.4, -0.2) is 61.6 Å². The molecule has 2 N–H and O–H groups in total. The van der Waals surface area contributed by atoms with E-state index in [2.05, 4.69) is 20.4 Å². The fraction of sp³-hybridized carbons (Fsp3) is 0.892. The van der Waals surface area contributed by atoms with Crippen LogP contribution in [0.25, 0.3) is 0 Å². The van der Waals surface area contributed by atoms with Gasteiger partial charge in [-0.2, -0.15) is 16.8 Å². The van der Waals surface area contributed by atoms with Gasteiger partial charge in [0.2, 0.25) is 0 Å². The van der Waals surface area contributed by atoms with E-state index >= 15 is 0 Å². The maximum atomic E-state index is 12.9. The van der Waals surface area contributed by atoms with Gasteiger partial charge in [0, 0.05) is 5.57 Å². The van der Waals surface area contributed by atoms with E-state index in [0.29, 0.717) is 12.8 Å². The third-order valence-corrected chi connectivity index (χ3v) is 10.4. The molecular formula is C37H70O10S2. The van der Waals surface area contributed by atoms with Crippen LogP contribution in [-0.2, 0) is 39.3 Å². The molecule has 290 valence electrons. The number of carbonyl (C=O) groups is 2. The molecule has 0 saturated heterocycles. The van der Waals surface area contributed by atoms with E-state index in [1.54, 1.807) is 0 Å². The van der Waals surface area contributed by atoms with Gasteiger partial charge in [-0.05, 0) is 51.4 Å². The van der Waals surface area contributed by atoms with E-state index in [-0.39, 0.29) is 37.7 Å². The second-order valence-corrected chi connectivity index (χ2v) is 16.9. The Morgan fingerprint density at radius 2 is 0.816 bits per heavy atom. The number of hydrogen-bond acceptors (Lipinski definition) is 8. The Morgan fingerprint density at radius 1 is 0.510 bits per heavy atom. The van der Waals surface area contributed by atoms with Crippen LogP contribution in [0.2, 0.25) is 0 Å². The molecule has 0 fully saturated rings. The summed E-state index contributed by atoms with van der Waals surface area (Å²) in [4.78, 5) is 25.7. The first-order chi connectivity index (χ1) is 23.3. The van der Waals surface area contributed by atoms with Crippen molar-refractivity contribution in [3.05, 3.63) is 12.2 Å². The molecule has 0 aliphatic carbocycles. The molecule has 49 heavy (non-hydrogen) atoms. The van der Waals surface area contributed by atoms with Crippen molar-refractivity contribution in [3.63, 3.8) is 0 Å². The highest BCUT2D eigenvalue weighted by Gasteiger charge is 2.22. The molecule has 0 aromatic carbocycles. The third-order valence-electron chi connectivity index (χ3n) is 8.83. The maximum Gasteiger partial charge on any atom is 0.334 e. The molecule has 0 saturated carbocycles. The molecule has 0 aliphatic rings. The number of esters is 2. The van der Waals surface area contributed by atoms with Crippen molar-refractivity contribution in [2.75, 3.05) is 11.5 Å². The summed E-state index contributed by atoms with van der Waals surface area (Å²) in [6.45, 7) is 8.14. The highest BCUT2D eigenvalue weighted by molar-refractivity contribution is 7.86. The van der Waals surface area contributed by atoms with Gasteiger partial charge in [-0.3, -0.25) is 13.9 Å². The molecule has 0 aromatic heterocycles. The molecule has 0 rings (SSSR count).